The van der Waals surface area contributed by atoms with Crippen molar-refractivity contribution in [3.05, 3.63) is 41.8 Å². The first kappa shape index (κ1) is 35.1. The van der Waals surface area contributed by atoms with Crippen LogP contribution in [0, 0.1) is 11.7 Å². The number of aromatic nitrogens is 2. The molecule has 12 heteroatoms. The number of amides is 4. The summed E-state index contributed by atoms with van der Waals surface area (Å²) in [5, 5.41) is 10.0. The van der Waals surface area contributed by atoms with Crippen LogP contribution >= 0.6 is 0 Å². The lowest BCUT2D eigenvalue weighted by atomic mass is 9.89. The van der Waals surface area contributed by atoms with Crippen LogP contribution in [0.1, 0.15) is 90.2 Å². The van der Waals surface area contributed by atoms with E-state index in [1.165, 1.54) is 17.0 Å². The van der Waals surface area contributed by atoms with E-state index in [2.05, 4.69) is 20.6 Å². The van der Waals surface area contributed by atoms with E-state index in [0.29, 0.717) is 30.9 Å². The monoisotopic (exact) mass is 639 g/mol. The molecular formula is C34H50FN7O4. The van der Waals surface area contributed by atoms with Gasteiger partial charge >= 0.3 is 0 Å². The third-order valence-corrected chi connectivity index (χ3v) is 9.43. The Morgan fingerprint density at radius 2 is 1.72 bits per heavy atom. The minimum Gasteiger partial charge on any atom is -0.344 e. The van der Waals surface area contributed by atoms with Crippen molar-refractivity contribution in [2.45, 2.75) is 96.7 Å². The molecule has 4 rings (SSSR count). The highest BCUT2D eigenvalue weighted by molar-refractivity contribution is 6.00. The van der Waals surface area contributed by atoms with E-state index in [9.17, 15) is 19.2 Å². The van der Waals surface area contributed by atoms with Crippen molar-refractivity contribution in [2.75, 3.05) is 43.4 Å². The van der Waals surface area contributed by atoms with Gasteiger partial charge in [-0.2, -0.15) is 5.10 Å². The van der Waals surface area contributed by atoms with Crippen LogP contribution in [0.25, 0.3) is 0 Å². The fourth-order valence-corrected chi connectivity index (χ4v) is 6.58. The van der Waals surface area contributed by atoms with Gasteiger partial charge < -0.3 is 20.4 Å². The van der Waals surface area contributed by atoms with E-state index in [4.69, 9.17) is 0 Å². The zero-order valence-electron chi connectivity index (χ0n) is 27.9. The molecule has 1 saturated carbocycles. The Balaban J connectivity index is 1.59. The Kier molecular flexibility index (Phi) is 12.3. The van der Waals surface area contributed by atoms with Gasteiger partial charge in [0.25, 0.3) is 0 Å². The second-order valence-electron chi connectivity index (χ2n) is 13.0. The average molecular weight is 640 g/mol. The van der Waals surface area contributed by atoms with Gasteiger partial charge in [0.1, 0.15) is 23.7 Å². The molecule has 1 saturated heterocycles. The summed E-state index contributed by atoms with van der Waals surface area (Å²) in [5.74, 6) is -1.68. The van der Waals surface area contributed by atoms with E-state index >= 15 is 4.39 Å². The normalized spacial score (nSPS) is 18.4. The number of hydrogen-bond acceptors (Lipinski definition) is 6. The van der Waals surface area contributed by atoms with E-state index in [0.717, 1.165) is 51.6 Å². The molecule has 2 aliphatic rings. The third kappa shape index (κ3) is 8.31. The maximum Gasteiger partial charge on any atom is 0.247 e. The summed E-state index contributed by atoms with van der Waals surface area (Å²) in [6, 6.07) is 4.46. The first-order valence-corrected chi connectivity index (χ1v) is 16.7. The fourth-order valence-electron chi connectivity index (χ4n) is 6.58. The molecule has 0 unspecified atom stereocenters. The molecule has 2 fully saturated rings. The molecule has 1 aliphatic carbocycles. The maximum atomic E-state index is 15.8. The number of piperazine rings is 1. The molecule has 0 radical (unpaired) electrons. The quantitative estimate of drug-likeness (QED) is 0.264. The lowest BCUT2D eigenvalue weighted by Crippen LogP contribution is -2.55. The molecular weight excluding hydrogens is 589 g/mol. The molecule has 1 aliphatic heterocycles. The number of nitrogens with zero attached hydrogens (tertiary/aromatic N) is 5. The summed E-state index contributed by atoms with van der Waals surface area (Å²) in [6.45, 7) is 10.0. The van der Waals surface area contributed by atoms with Crippen molar-refractivity contribution >= 4 is 35.6 Å². The summed E-state index contributed by atoms with van der Waals surface area (Å²) in [5.41, 5.74) is 0.511. The molecule has 252 valence electrons. The molecule has 11 nitrogen and oxygen atoms in total. The summed E-state index contributed by atoms with van der Waals surface area (Å²) >= 11 is 0. The standard InChI is InChI=1S/C34H50FN7O4/c1-6-29(44)38-31(34(46)40-19-17-39(5)18-20-40)24(4)26-13-14-28(27(35)21-26)37-33(45)32(25-11-9-7-8-10-12-25)41(22-43)30-15-16-36-42(30)23(2)3/h13-16,21-25,31-32H,6-12,17-20H2,1-5H3,(H,37,45)(H,38,44)/t24-,31+,32-/m0/s1. The zero-order chi connectivity index (χ0) is 33.4. The minimum absolute atomic E-state index is 0.0117. The van der Waals surface area contributed by atoms with Crippen LogP contribution in [0.4, 0.5) is 15.9 Å². The van der Waals surface area contributed by atoms with Crippen LogP contribution in [0.2, 0.25) is 0 Å². The van der Waals surface area contributed by atoms with Crippen LogP contribution in [-0.4, -0.2) is 89.0 Å². The molecule has 46 heavy (non-hydrogen) atoms. The van der Waals surface area contributed by atoms with Crippen LogP contribution in [0.15, 0.2) is 30.5 Å². The first-order chi connectivity index (χ1) is 22.0. The van der Waals surface area contributed by atoms with Gasteiger partial charge in [-0.05, 0) is 57.4 Å². The Morgan fingerprint density at radius 1 is 1.04 bits per heavy atom. The topological polar surface area (TPSA) is 120 Å². The van der Waals surface area contributed by atoms with E-state index in [1.807, 2.05) is 20.9 Å². The highest BCUT2D eigenvalue weighted by Gasteiger charge is 2.37. The average Bonchev–Trinajstić information content (AvgIpc) is 3.38. The van der Waals surface area contributed by atoms with Gasteiger partial charge in [-0.1, -0.05) is 45.6 Å². The zero-order valence-corrected chi connectivity index (χ0v) is 27.9. The molecule has 2 N–H and O–H groups in total. The highest BCUT2D eigenvalue weighted by atomic mass is 19.1. The van der Waals surface area contributed by atoms with Crippen molar-refractivity contribution in [1.29, 1.82) is 0 Å². The fraction of sp³-hybridized carbons (Fsp3) is 0.618. The van der Waals surface area contributed by atoms with Crippen molar-refractivity contribution in [3.63, 3.8) is 0 Å². The predicted molar refractivity (Wildman–Crippen MR) is 176 cm³/mol. The Labute approximate surface area is 271 Å². The second-order valence-corrected chi connectivity index (χ2v) is 13.0. The van der Waals surface area contributed by atoms with Gasteiger partial charge in [-0.25, -0.2) is 9.07 Å². The maximum absolute atomic E-state index is 15.8. The summed E-state index contributed by atoms with van der Waals surface area (Å²) in [4.78, 5) is 58.0. The van der Waals surface area contributed by atoms with Crippen LogP contribution < -0.4 is 15.5 Å². The van der Waals surface area contributed by atoms with Crippen LogP contribution in [0.5, 0.6) is 0 Å². The van der Waals surface area contributed by atoms with Gasteiger partial charge in [0.15, 0.2) is 0 Å². The van der Waals surface area contributed by atoms with Gasteiger partial charge in [0.05, 0.1) is 11.9 Å². The Morgan fingerprint density at radius 3 is 2.30 bits per heavy atom. The van der Waals surface area contributed by atoms with Crippen LogP contribution in [-0.2, 0) is 19.2 Å². The molecule has 2 heterocycles. The van der Waals surface area contributed by atoms with E-state index < -0.39 is 29.7 Å². The number of halogens is 1. The van der Waals surface area contributed by atoms with E-state index in [1.54, 1.807) is 41.8 Å². The number of carbonyl (C=O) groups is 4. The van der Waals surface area contributed by atoms with Crippen molar-refractivity contribution < 1.29 is 23.6 Å². The molecule has 2 aromatic rings. The molecule has 4 amide bonds. The van der Waals surface area contributed by atoms with Gasteiger partial charge in [-0.15, -0.1) is 0 Å². The Bertz CT molecular complexity index is 1350. The first-order valence-electron chi connectivity index (χ1n) is 16.7. The number of nitrogens with one attached hydrogen (secondary N) is 2. The number of rotatable bonds is 12. The predicted octanol–water partition coefficient (Wildman–Crippen LogP) is 4.32. The summed E-state index contributed by atoms with van der Waals surface area (Å²) < 4.78 is 17.5. The molecule has 1 aromatic carbocycles. The summed E-state index contributed by atoms with van der Waals surface area (Å²) in [7, 11) is 2.00. The largest absolute Gasteiger partial charge is 0.344 e. The lowest BCUT2D eigenvalue weighted by Gasteiger charge is -2.36. The molecule has 0 bridgehead atoms. The molecule has 3 atom stereocenters. The van der Waals surface area contributed by atoms with Crippen molar-refractivity contribution in [1.82, 2.24) is 24.9 Å². The number of hydrogen-bond donors (Lipinski definition) is 2. The number of carbonyl (C=O) groups excluding carboxylic acids is 4. The Hall–Kier alpha value is -3.80. The van der Waals surface area contributed by atoms with Crippen LogP contribution in [0.3, 0.4) is 0 Å². The third-order valence-electron chi connectivity index (χ3n) is 9.43. The number of likely N-dealkylation sites (N-methyl/N-ethyl adjacent to an activating group) is 1. The lowest BCUT2D eigenvalue weighted by molar-refractivity contribution is -0.138. The second kappa shape index (κ2) is 16.2. The van der Waals surface area contributed by atoms with Crippen molar-refractivity contribution in [3.8, 4) is 0 Å². The minimum atomic E-state index is -0.859. The molecule has 0 spiro atoms. The number of benzene rings is 1. The van der Waals surface area contributed by atoms with Gasteiger partial charge in [0.2, 0.25) is 24.1 Å². The summed E-state index contributed by atoms with van der Waals surface area (Å²) in [6.07, 6.45) is 8.11. The smallest absolute Gasteiger partial charge is 0.247 e. The van der Waals surface area contributed by atoms with Gasteiger partial charge in [0, 0.05) is 50.6 Å². The van der Waals surface area contributed by atoms with E-state index in [-0.39, 0.29) is 35.9 Å². The van der Waals surface area contributed by atoms with Gasteiger partial charge in [-0.3, -0.25) is 24.1 Å². The van der Waals surface area contributed by atoms with Crippen molar-refractivity contribution in [2.24, 2.45) is 5.92 Å². The molecule has 1 aromatic heterocycles. The highest BCUT2D eigenvalue weighted by Crippen LogP contribution is 2.32. The SMILES string of the molecule is CCC(=O)N[C@@H](C(=O)N1CCN(C)CC1)[C@@H](C)c1ccc(NC(=O)[C@H](C2CCCCCC2)N(C=O)c2ccnn2C(C)C)c(F)c1. The number of anilines is 2.